The van der Waals surface area contributed by atoms with Gasteiger partial charge >= 0.3 is 0 Å². The van der Waals surface area contributed by atoms with E-state index in [9.17, 15) is 9.59 Å². The molecule has 0 atom stereocenters. The van der Waals surface area contributed by atoms with Gasteiger partial charge in [0.25, 0.3) is 11.5 Å². The molecule has 0 radical (unpaired) electrons. The highest BCUT2D eigenvalue weighted by Crippen LogP contribution is 2.17. The lowest BCUT2D eigenvalue weighted by Crippen LogP contribution is -2.22. The van der Waals surface area contributed by atoms with Crippen LogP contribution in [0.15, 0.2) is 40.2 Å². The zero-order valence-corrected chi connectivity index (χ0v) is 15.4. The number of benzene rings is 1. The number of hydrogen-bond acceptors (Lipinski definition) is 5. The third kappa shape index (κ3) is 2.94. The van der Waals surface area contributed by atoms with E-state index in [1.54, 1.807) is 34.1 Å². The molecule has 6 nitrogen and oxygen atoms in total. The molecule has 3 heterocycles. The van der Waals surface area contributed by atoms with Crippen LogP contribution >= 0.6 is 11.3 Å². The van der Waals surface area contributed by atoms with Crippen molar-refractivity contribution in [2.45, 2.75) is 33.2 Å². The summed E-state index contributed by atoms with van der Waals surface area (Å²) in [6.45, 7) is 4.61. The van der Waals surface area contributed by atoms with E-state index in [0.29, 0.717) is 16.5 Å². The Bertz CT molecular complexity index is 1110. The number of fused-ring (bicyclic) bond motifs is 2. The number of carbonyl (C=O) groups excluding carboxylic acids is 1. The molecule has 7 heteroatoms. The normalized spacial score (nSPS) is 13.8. The molecule has 0 saturated heterocycles. The van der Waals surface area contributed by atoms with Gasteiger partial charge in [-0.05, 0) is 50.6 Å². The van der Waals surface area contributed by atoms with E-state index in [-0.39, 0.29) is 11.5 Å². The van der Waals surface area contributed by atoms with Crippen molar-refractivity contribution < 1.29 is 4.79 Å². The van der Waals surface area contributed by atoms with E-state index in [2.05, 4.69) is 15.5 Å². The zero-order chi connectivity index (χ0) is 18.3. The Labute approximate surface area is 154 Å². The van der Waals surface area contributed by atoms with Crippen molar-refractivity contribution in [3.63, 3.8) is 0 Å². The molecule has 0 bridgehead atoms. The van der Waals surface area contributed by atoms with Gasteiger partial charge in [0, 0.05) is 23.4 Å². The van der Waals surface area contributed by atoms with Crippen LogP contribution in [0.2, 0.25) is 0 Å². The SMILES string of the molecule is C/C(=N/NC(=O)c1ccc2c(=O)n3c(nc2c1)CCC3)c1ccc(C)s1. The third-order valence-electron chi connectivity index (χ3n) is 4.50. The summed E-state index contributed by atoms with van der Waals surface area (Å²) < 4.78 is 1.72. The van der Waals surface area contributed by atoms with Crippen molar-refractivity contribution in [1.29, 1.82) is 0 Å². The van der Waals surface area contributed by atoms with Crippen molar-refractivity contribution in [3.8, 4) is 0 Å². The topological polar surface area (TPSA) is 76.3 Å². The van der Waals surface area contributed by atoms with E-state index in [4.69, 9.17) is 0 Å². The molecule has 1 aromatic carbocycles. The summed E-state index contributed by atoms with van der Waals surface area (Å²) in [6, 6.07) is 8.98. The van der Waals surface area contributed by atoms with Gasteiger partial charge < -0.3 is 0 Å². The number of amides is 1. The molecule has 4 rings (SSSR count). The van der Waals surface area contributed by atoms with Crippen molar-refractivity contribution in [1.82, 2.24) is 15.0 Å². The zero-order valence-electron chi connectivity index (χ0n) is 14.6. The largest absolute Gasteiger partial charge is 0.296 e. The van der Waals surface area contributed by atoms with Crippen LogP contribution in [0.1, 0.15) is 39.3 Å². The molecule has 1 aliphatic rings. The molecule has 0 saturated carbocycles. The second-order valence-corrected chi connectivity index (χ2v) is 7.66. The van der Waals surface area contributed by atoms with E-state index < -0.39 is 0 Å². The number of hydrogen-bond donors (Lipinski definition) is 1. The van der Waals surface area contributed by atoms with Gasteiger partial charge in [0.15, 0.2) is 0 Å². The molecule has 1 aliphatic heterocycles. The molecule has 26 heavy (non-hydrogen) atoms. The summed E-state index contributed by atoms with van der Waals surface area (Å²) in [6.07, 6.45) is 1.73. The standard InChI is InChI=1S/C19H18N4O2S/c1-11-5-8-16(26-11)12(2)21-22-18(24)13-6-7-14-15(10-13)20-17-4-3-9-23(17)19(14)25/h5-8,10H,3-4,9H2,1-2H3,(H,22,24)/b21-12-. The Balaban J connectivity index is 1.61. The second kappa shape index (κ2) is 6.49. The third-order valence-corrected chi connectivity index (χ3v) is 5.61. The van der Waals surface area contributed by atoms with Gasteiger partial charge in [-0.3, -0.25) is 14.2 Å². The fourth-order valence-electron chi connectivity index (χ4n) is 3.11. The van der Waals surface area contributed by atoms with E-state index in [0.717, 1.165) is 35.8 Å². The average molecular weight is 366 g/mol. The van der Waals surface area contributed by atoms with Crippen molar-refractivity contribution in [2.24, 2.45) is 5.10 Å². The number of nitrogens with zero attached hydrogens (tertiary/aromatic N) is 3. The summed E-state index contributed by atoms with van der Waals surface area (Å²) in [7, 11) is 0. The maximum absolute atomic E-state index is 12.5. The monoisotopic (exact) mass is 366 g/mol. The maximum Gasteiger partial charge on any atom is 0.271 e. The minimum Gasteiger partial charge on any atom is -0.296 e. The Kier molecular flexibility index (Phi) is 4.16. The van der Waals surface area contributed by atoms with Crippen LogP contribution in [0.5, 0.6) is 0 Å². The van der Waals surface area contributed by atoms with E-state index in [1.165, 1.54) is 4.88 Å². The number of hydrazone groups is 1. The number of nitrogens with one attached hydrogen (secondary N) is 1. The smallest absolute Gasteiger partial charge is 0.271 e. The Morgan fingerprint density at radius 2 is 2.15 bits per heavy atom. The number of aromatic nitrogens is 2. The summed E-state index contributed by atoms with van der Waals surface area (Å²) in [5, 5.41) is 4.72. The van der Waals surface area contributed by atoms with Crippen molar-refractivity contribution in [2.75, 3.05) is 0 Å². The molecule has 1 amide bonds. The number of aryl methyl sites for hydroxylation is 2. The fourth-order valence-corrected chi connectivity index (χ4v) is 3.92. The quantitative estimate of drug-likeness (QED) is 0.572. The molecular formula is C19H18N4O2S. The predicted molar refractivity (Wildman–Crippen MR) is 103 cm³/mol. The van der Waals surface area contributed by atoms with Gasteiger partial charge in [-0.15, -0.1) is 11.3 Å². The van der Waals surface area contributed by atoms with Crippen molar-refractivity contribution >= 4 is 33.9 Å². The Morgan fingerprint density at radius 1 is 1.31 bits per heavy atom. The molecule has 0 fully saturated rings. The first-order valence-electron chi connectivity index (χ1n) is 8.48. The highest BCUT2D eigenvalue weighted by Gasteiger charge is 2.17. The second-order valence-electron chi connectivity index (χ2n) is 6.37. The Morgan fingerprint density at radius 3 is 2.92 bits per heavy atom. The lowest BCUT2D eigenvalue weighted by Gasteiger charge is -2.06. The molecular weight excluding hydrogens is 348 g/mol. The minimum atomic E-state index is -0.318. The predicted octanol–water partition coefficient (Wildman–Crippen LogP) is 2.87. The lowest BCUT2D eigenvalue weighted by atomic mass is 10.1. The van der Waals surface area contributed by atoms with Gasteiger partial charge in [-0.25, -0.2) is 10.4 Å². The van der Waals surface area contributed by atoms with Crippen molar-refractivity contribution in [3.05, 3.63) is 61.8 Å². The van der Waals surface area contributed by atoms with Gasteiger partial charge in [-0.2, -0.15) is 5.10 Å². The van der Waals surface area contributed by atoms with Crippen LogP contribution in [0, 0.1) is 6.92 Å². The molecule has 2 aromatic heterocycles. The summed E-state index contributed by atoms with van der Waals surface area (Å²) in [5.74, 6) is 0.476. The first-order chi connectivity index (χ1) is 12.5. The first-order valence-corrected chi connectivity index (χ1v) is 9.29. The molecule has 132 valence electrons. The molecule has 0 unspecified atom stereocenters. The molecule has 3 aromatic rings. The molecule has 0 spiro atoms. The maximum atomic E-state index is 12.5. The molecule has 1 N–H and O–H groups in total. The minimum absolute atomic E-state index is 0.0311. The van der Waals surface area contributed by atoms with E-state index >= 15 is 0 Å². The fraction of sp³-hybridized carbons (Fsp3) is 0.263. The number of rotatable bonds is 3. The summed E-state index contributed by atoms with van der Waals surface area (Å²) in [5.41, 5.74) is 4.30. The van der Waals surface area contributed by atoms with Gasteiger partial charge in [0.05, 0.1) is 21.5 Å². The summed E-state index contributed by atoms with van der Waals surface area (Å²) >= 11 is 1.63. The van der Waals surface area contributed by atoms with Gasteiger partial charge in [-0.1, -0.05) is 0 Å². The highest BCUT2D eigenvalue weighted by atomic mass is 32.1. The first kappa shape index (κ1) is 16.7. The summed E-state index contributed by atoms with van der Waals surface area (Å²) in [4.78, 5) is 31.7. The van der Waals surface area contributed by atoms with Crippen LogP contribution in [-0.2, 0) is 13.0 Å². The molecule has 0 aliphatic carbocycles. The Hall–Kier alpha value is -2.80. The number of thiophene rings is 1. The number of carbonyl (C=O) groups is 1. The lowest BCUT2D eigenvalue weighted by molar-refractivity contribution is 0.0955. The van der Waals surface area contributed by atoms with Crippen LogP contribution in [0.4, 0.5) is 0 Å². The van der Waals surface area contributed by atoms with Crippen LogP contribution in [0.3, 0.4) is 0 Å². The van der Waals surface area contributed by atoms with Crippen LogP contribution in [-0.4, -0.2) is 21.2 Å². The van der Waals surface area contributed by atoms with Gasteiger partial charge in [0.2, 0.25) is 0 Å². The average Bonchev–Trinajstić information content (AvgIpc) is 3.28. The highest BCUT2D eigenvalue weighted by molar-refractivity contribution is 7.14. The van der Waals surface area contributed by atoms with Gasteiger partial charge in [0.1, 0.15) is 5.82 Å². The van der Waals surface area contributed by atoms with Crippen LogP contribution in [0.25, 0.3) is 10.9 Å². The van der Waals surface area contributed by atoms with Crippen LogP contribution < -0.4 is 11.0 Å². The van der Waals surface area contributed by atoms with E-state index in [1.807, 2.05) is 26.0 Å².